The second kappa shape index (κ2) is 4.72. The molecule has 2 aromatic rings. The second-order valence-corrected chi connectivity index (χ2v) is 5.82. The van der Waals surface area contributed by atoms with Crippen LogP contribution in [0.15, 0.2) is 27.5 Å². The number of hydrogen-bond acceptors (Lipinski definition) is 3. The first-order valence-electron chi connectivity index (χ1n) is 6.50. The summed E-state index contributed by atoms with van der Waals surface area (Å²) >= 11 is 3.40. The standard InChI is InChI=1S/C14H15BrN2O2/c1-2-8-6-7-17-13(12(8)18)16-10-5-3-4-9(15)11(10)14(17)19/h3-5,8,12,18H,2,6-7H2,1H3. The summed E-state index contributed by atoms with van der Waals surface area (Å²) in [6.45, 7) is 2.69. The number of halogens is 1. The number of hydrogen-bond donors (Lipinski definition) is 1. The maximum Gasteiger partial charge on any atom is 0.262 e. The van der Waals surface area contributed by atoms with Gasteiger partial charge in [-0.2, -0.15) is 0 Å². The number of aliphatic hydroxyl groups excluding tert-OH is 1. The Bertz CT molecular complexity index is 696. The molecular formula is C14H15BrN2O2. The van der Waals surface area contributed by atoms with Crippen LogP contribution in [0.5, 0.6) is 0 Å². The van der Waals surface area contributed by atoms with E-state index in [0.29, 0.717) is 23.3 Å². The lowest BCUT2D eigenvalue weighted by molar-refractivity contribution is 0.0672. The summed E-state index contributed by atoms with van der Waals surface area (Å²) in [5, 5.41) is 10.9. The van der Waals surface area contributed by atoms with Gasteiger partial charge in [-0.3, -0.25) is 9.36 Å². The van der Waals surface area contributed by atoms with Crippen LogP contribution in [0.1, 0.15) is 31.7 Å². The molecule has 4 nitrogen and oxygen atoms in total. The SMILES string of the molecule is CCC1CCn2c(nc3cccc(Br)c3c2=O)C1O. The van der Waals surface area contributed by atoms with Crippen molar-refractivity contribution in [2.75, 3.05) is 0 Å². The van der Waals surface area contributed by atoms with E-state index in [1.807, 2.05) is 18.2 Å². The van der Waals surface area contributed by atoms with Crippen LogP contribution in [0.25, 0.3) is 10.9 Å². The maximum absolute atomic E-state index is 12.5. The number of benzene rings is 1. The largest absolute Gasteiger partial charge is 0.385 e. The summed E-state index contributed by atoms with van der Waals surface area (Å²) in [6, 6.07) is 5.50. The fraction of sp³-hybridized carbons (Fsp3) is 0.429. The first-order chi connectivity index (χ1) is 9.13. The van der Waals surface area contributed by atoms with Crippen LogP contribution in [-0.2, 0) is 6.54 Å². The highest BCUT2D eigenvalue weighted by Gasteiger charge is 2.29. The summed E-state index contributed by atoms with van der Waals surface area (Å²) < 4.78 is 2.37. The van der Waals surface area contributed by atoms with Crippen molar-refractivity contribution in [2.24, 2.45) is 5.92 Å². The van der Waals surface area contributed by atoms with Gasteiger partial charge in [0, 0.05) is 11.0 Å². The van der Waals surface area contributed by atoms with Crippen molar-refractivity contribution in [3.8, 4) is 0 Å². The number of aromatic nitrogens is 2. The second-order valence-electron chi connectivity index (χ2n) is 4.96. The van der Waals surface area contributed by atoms with Gasteiger partial charge >= 0.3 is 0 Å². The molecule has 0 fully saturated rings. The zero-order valence-electron chi connectivity index (χ0n) is 10.6. The molecule has 0 aliphatic carbocycles. The van der Waals surface area contributed by atoms with Gasteiger partial charge in [0.1, 0.15) is 11.9 Å². The monoisotopic (exact) mass is 322 g/mol. The Labute approximate surface area is 119 Å². The molecule has 1 aliphatic heterocycles. The number of rotatable bonds is 1. The topological polar surface area (TPSA) is 55.1 Å². The van der Waals surface area contributed by atoms with Gasteiger partial charge in [-0.15, -0.1) is 0 Å². The van der Waals surface area contributed by atoms with Crippen LogP contribution in [0, 0.1) is 5.92 Å². The minimum Gasteiger partial charge on any atom is -0.385 e. The van der Waals surface area contributed by atoms with Gasteiger partial charge in [0.05, 0.1) is 10.9 Å². The molecule has 19 heavy (non-hydrogen) atoms. The lowest BCUT2D eigenvalue weighted by atomic mass is 9.92. The van der Waals surface area contributed by atoms with E-state index < -0.39 is 6.10 Å². The van der Waals surface area contributed by atoms with Crippen LogP contribution < -0.4 is 5.56 Å². The smallest absolute Gasteiger partial charge is 0.262 e. The summed E-state index contributed by atoms with van der Waals surface area (Å²) in [7, 11) is 0. The average molecular weight is 323 g/mol. The van der Waals surface area contributed by atoms with Crippen molar-refractivity contribution in [1.82, 2.24) is 9.55 Å². The molecule has 0 spiro atoms. The van der Waals surface area contributed by atoms with Gasteiger partial charge in [-0.05, 0) is 40.4 Å². The van der Waals surface area contributed by atoms with E-state index in [-0.39, 0.29) is 11.5 Å². The third kappa shape index (κ3) is 1.92. The Morgan fingerprint density at radius 2 is 2.32 bits per heavy atom. The van der Waals surface area contributed by atoms with Crippen molar-refractivity contribution in [3.05, 3.63) is 38.9 Å². The fourth-order valence-corrected chi connectivity index (χ4v) is 3.30. The zero-order valence-corrected chi connectivity index (χ0v) is 12.2. The highest BCUT2D eigenvalue weighted by Crippen LogP contribution is 2.31. The van der Waals surface area contributed by atoms with Crippen LogP contribution in [0.4, 0.5) is 0 Å². The maximum atomic E-state index is 12.5. The van der Waals surface area contributed by atoms with Crippen LogP contribution in [-0.4, -0.2) is 14.7 Å². The lowest BCUT2D eigenvalue weighted by Crippen LogP contribution is -2.34. The Morgan fingerprint density at radius 3 is 3.05 bits per heavy atom. The van der Waals surface area contributed by atoms with Crippen molar-refractivity contribution < 1.29 is 5.11 Å². The molecule has 2 unspecified atom stereocenters. The fourth-order valence-electron chi connectivity index (χ4n) is 2.77. The molecule has 0 saturated heterocycles. The lowest BCUT2D eigenvalue weighted by Gasteiger charge is -2.29. The minimum absolute atomic E-state index is 0.0684. The minimum atomic E-state index is -0.644. The molecule has 100 valence electrons. The molecule has 1 N–H and O–H groups in total. The molecule has 2 heterocycles. The molecule has 0 saturated carbocycles. The van der Waals surface area contributed by atoms with Gasteiger partial charge in [0.15, 0.2) is 0 Å². The van der Waals surface area contributed by atoms with Crippen molar-refractivity contribution in [2.45, 2.75) is 32.4 Å². The normalized spacial score (nSPS) is 22.5. The first-order valence-corrected chi connectivity index (χ1v) is 7.29. The molecular weight excluding hydrogens is 308 g/mol. The van der Waals surface area contributed by atoms with Crippen molar-refractivity contribution >= 4 is 26.8 Å². The van der Waals surface area contributed by atoms with Gasteiger partial charge in [-0.25, -0.2) is 4.98 Å². The third-order valence-corrected chi connectivity index (χ3v) is 4.58. The van der Waals surface area contributed by atoms with E-state index in [0.717, 1.165) is 17.3 Å². The summed E-state index contributed by atoms with van der Waals surface area (Å²) in [4.78, 5) is 17.0. The van der Waals surface area contributed by atoms with Gasteiger partial charge in [-0.1, -0.05) is 19.4 Å². The zero-order chi connectivity index (χ0) is 13.6. The number of nitrogens with zero attached hydrogens (tertiary/aromatic N) is 2. The van der Waals surface area contributed by atoms with Crippen LogP contribution in [0.2, 0.25) is 0 Å². The molecule has 1 aromatic carbocycles. The van der Waals surface area contributed by atoms with E-state index in [1.54, 1.807) is 4.57 Å². The molecule has 1 aliphatic rings. The summed E-state index contributed by atoms with van der Waals surface area (Å²) in [5.74, 6) is 0.699. The molecule has 0 radical (unpaired) electrons. The van der Waals surface area contributed by atoms with E-state index in [1.165, 1.54) is 0 Å². The first kappa shape index (κ1) is 12.8. The molecule has 5 heteroatoms. The Kier molecular flexibility index (Phi) is 3.19. The van der Waals surface area contributed by atoms with Crippen LogP contribution in [0.3, 0.4) is 0 Å². The van der Waals surface area contributed by atoms with Gasteiger partial charge in [0.2, 0.25) is 0 Å². The van der Waals surface area contributed by atoms with Gasteiger partial charge < -0.3 is 5.11 Å². The molecule has 3 rings (SSSR count). The quantitative estimate of drug-likeness (QED) is 0.878. The van der Waals surface area contributed by atoms with Crippen LogP contribution >= 0.6 is 15.9 Å². The molecule has 0 bridgehead atoms. The Hall–Kier alpha value is -1.20. The predicted molar refractivity (Wildman–Crippen MR) is 77.1 cm³/mol. The van der Waals surface area contributed by atoms with E-state index >= 15 is 0 Å². The van der Waals surface area contributed by atoms with Crippen molar-refractivity contribution in [1.29, 1.82) is 0 Å². The molecule has 2 atom stereocenters. The molecule has 0 amide bonds. The Morgan fingerprint density at radius 1 is 1.53 bits per heavy atom. The molecule has 1 aromatic heterocycles. The third-order valence-electron chi connectivity index (χ3n) is 3.92. The van der Waals surface area contributed by atoms with E-state index in [2.05, 4.69) is 27.8 Å². The summed E-state index contributed by atoms with van der Waals surface area (Å²) in [6.07, 6.45) is 1.07. The van der Waals surface area contributed by atoms with E-state index in [4.69, 9.17) is 0 Å². The Balaban J connectivity index is 2.31. The van der Waals surface area contributed by atoms with Crippen molar-refractivity contribution in [3.63, 3.8) is 0 Å². The predicted octanol–water partition coefficient (Wildman–Crippen LogP) is 2.62. The van der Waals surface area contributed by atoms with Gasteiger partial charge in [0.25, 0.3) is 5.56 Å². The van der Waals surface area contributed by atoms with E-state index in [9.17, 15) is 9.90 Å². The average Bonchev–Trinajstić information content (AvgIpc) is 2.40. The number of aliphatic hydroxyl groups is 1. The summed E-state index contributed by atoms with van der Waals surface area (Å²) in [5.41, 5.74) is 0.572. The highest BCUT2D eigenvalue weighted by molar-refractivity contribution is 9.10. The number of fused-ring (bicyclic) bond motifs is 2. The highest BCUT2D eigenvalue weighted by atomic mass is 79.9.